The number of halogens is 1. The van der Waals surface area contributed by atoms with Crippen LogP contribution in [0.3, 0.4) is 0 Å². The van der Waals surface area contributed by atoms with Crippen molar-refractivity contribution in [3.8, 4) is 11.5 Å². The third-order valence-corrected chi connectivity index (χ3v) is 5.21. The zero-order valence-electron chi connectivity index (χ0n) is 14.8. The van der Waals surface area contributed by atoms with Gasteiger partial charge in [0.05, 0.1) is 6.04 Å². The van der Waals surface area contributed by atoms with E-state index in [1.165, 1.54) is 24.3 Å². The van der Waals surface area contributed by atoms with Crippen LogP contribution in [-0.4, -0.2) is 37.1 Å². The molecule has 0 saturated heterocycles. The minimum Gasteiger partial charge on any atom is -0.448 e. The normalized spacial score (nSPS) is 19.2. The SMILES string of the molecule is C[C@@H]1c2nnc(-c3coc(C4CC4)n3)n2CCN1C(=O)c1ccc(F)cc1. The molecule has 138 valence electrons. The van der Waals surface area contributed by atoms with Crippen LogP contribution in [-0.2, 0) is 6.54 Å². The van der Waals surface area contributed by atoms with Crippen LogP contribution < -0.4 is 0 Å². The summed E-state index contributed by atoms with van der Waals surface area (Å²) in [6, 6.07) is 5.36. The summed E-state index contributed by atoms with van der Waals surface area (Å²) in [7, 11) is 0. The van der Waals surface area contributed by atoms with E-state index in [1.54, 1.807) is 11.2 Å². The molecular formula is C19H18FN5O2. The van der Waals surface area contributed by atoms with Crippen LogP contribution in [0.1, 0.15) is 53.8 Å². The highest BCUT2D eigenvalue weighted by Crippen LogP contribution is 2.40. The third kappa shape index (κ3) is 2.72. The summed E-state index contributed by atoms with van der Waals surface area (Å²) < 4.78 is 20.7. The Labute approximate surface area is 154 Å². The largest absolute Gasteiger partial charge is 0.448 e. The Bertz CT molecular complexity index is 1010. The number of nitrogens with zero attached hydrogens (tertiary/aromatic N) is 5. The molecule has 2 aromatic heterocycles. The summed E-state index contributed by atoms with van der Waals surface area (Å²) in [6.45, 7) is 3.01. The lowest BCUT2D eigenvalue weighted by atomic mass is 10.1. The standard InChI is InChI=1S/C19H18FN5O2/c1-11-16-22-23-17(15-10-27-18(21-15)12-2-3-12)25(16)9-8-24(11)19(26)13-4-6-14(20)7-5-13/h4-7,10-12H,2-3,8-9H2,1H3/t11-/m1/s1. The zero-order chi connectivity index (χ0) is 18.5. The summed E-state index contributed by atoms with van der Waals surface area (Å²) >= 11 is 0. The van der Waals surface area contributed by atoms with Crippen LogP contribution in [0.15, 0.2) is 34.9 Å². The smallest absolute Gasteiger partial charge is 0.254 e. The molecule has 3 heterocycles. The van der Waals surface area contributed by atoms with Gasteiger partial charge in [-0.05, 0) is 44.0 Å². The lowest BCUT2D eigenvalue weighted by Crippen LogP contribution is -2.41. The van der Waals surface area contributed by atoms with Crippen LogP contribution in [0, 0.1) is 5.82 Å². The number of carbonyl (C=O) groups is 1. The Kier molecular flexibility index (Phi) is 3.60. The van der Waals surface area contributed by atoms with Crippen molar-refractivity contribution in [1.82, 2.24) is 24.6 Å². The van der Waals surface area contributed by atoms with Crippen LogP contribution in [0.4, 0.5) is 4.39 Å². The highest BCUT2D eigenvalue weighted by atomic mass is 19.1. The van der Waals surface area contributed by atoms with Crippen LogP contribution in [0.25, 0.3) is 11.5 Å². The molecule has 1 aliphatic carbocycles. The van der Waals surface area contributed by atoms with Crippen molar-refractivity contribution in [3.63, 3.8) is 0 Å². The Balaban J connectivity index is 1.42. The molecule has 1 atom stereocenters. The maximum absolute atomic E-state index is 13.1. The first kappa shape index (κ1) is 16.2. The van der Waals surface area contributed by atoms with Crippen LogP contribution in [0.5, 0.6) is 0 Å². The quantitative estimate of drug-likeness (QED) is 0.711. The molecule has 0 N–H and O–H groups in total. The molecule has 1 amide bonds. The van der Waals surface area contributed by atoms with Crippen molar-refractivity contribution >= 4 is 5.91 Å². The fourth-order valence-corrected chi connectivity index (χ4v) is 3.52. The second-order valence-electron chi connectivity index (χ2n) is 7.06. The van der Waals surface area contributed by atoms with Gasteiger partial charge in [0.15, 0.2) is 17.5 Å². The predicted molar refractivity (Wildman–Crippen MR) is 93.3 cm³/mol. The number of oxazole rings is 1. The summed E-state index contributed by atoms with van der Waals surface area (Å²) in [4.78, 5) is 19.1. The molecule has 2 aliphatic rings. The molecule has 7 nitrogen and oxygen atoms in total. The zero-order valence-corrected chi connectivity index (χ0v) is 14.8. The minimum absolute atomic E-state index is 0.143. The molecule has 0 spiro atoms. The molecule has 3 aromatic rings. The first-order chi connectivity index (χ1) is 13.1. The number of carbonyl (C=O) groups excluding carboxylic acids is 1. The Morgan fingerprint density at radius 1 is 1.19 bits per heavy atom. The van der Waals surface area contributed by atoms with E-state index in [9.17, 15) is 9.18 Å². The minimum atomic E-state index is -0.360. The van der Waals surface area contributed by atoms with Gasteiger partial charge >= 0.3 is 0 Å². The molecule has 27 heavy (non-hydrogen) atoms. The third-order valence-electron chi connectivity index (χ3n) is 5.21. The van der Waals surface area contributed by atoms with Gasteiger partial charge in [-0.2, -0.15) is 0 Å². The number of amides is 1. The molecule has 0 unspecified atom stereocenters. The van der Waals surface area contributed by atoms with Crippen molar-refractivity contribution in [2.75, 3.05) is 6.54 Å². The molecule has 1 aliphatic heterocycles. The average molecular weight is 367 g/mol. The van der Waals surface area contributed by atoms with E-state index in [0.29, 0.717) is 41.9 Å². The van der Waals surface area contributed by atoms with E-state index in [0.717, 1.165) is 18.7 Å². The molecule has 1 fully saturated rings. The average Bonchev–Trinajstić information content (AvgIpc) is 3.24. The Morgan fingerprint density at radius 3 is 2.70 bits per heavy atom. The monoisotopic (exact) mass is 367 g/mol. The van der Waals surface area contributed by atoms with E-state index < -0.39 is 0 Å². The molecule has 0 radical (unpaired) electrons. The van der Waals surface area contributed by atoms with Crippen molar-refractivity contribution in [2.45, 2.75) is 38.3 Å². The summed E-state index contributed by atoms with van der Waals surface area (Å²) in [6.07, 6.45) is 3.87. The van der Waals surface area contributed by atoms with E-state index >= 15 is 0 Å². The second-order valence-corrected chi connectivity index (χ2v) is 7.06. The molecular weight excluding hydrogens is 349 g/mol. The summed E-state index contributed by atoms with van der Waals surface area (Å²) in [5.74, 6) is 2.07. The van der Waals surface area contributed by atoms with Crippen LogP contribution in [0.2, 0.25) is 0 Å². The van der Waals surface area contributed by atoms with Crippen molar-refractivity contribution in [2.24, 2.45) is 0 Å². The number of hydrogen-bond donors (Lipinski definition) is 0. The number of rotatable bonds is 3. The van der Waals surface area contributed by atoms with Crippen molar-refractivity contribution < 1.29 is 13.6 Å². The number of fused-ring (bicyclic) bond motifs is 1. The molecule has 1 aromatic carbocycles. The van der Waals surface area contributed by atoms with Gasteiger partial charge in [-0.3, -0.25) is 4.79 Å². The first-order valence-corrected chi connectivity index (χ1v) is 9.07. The van der Waals surface area contributed by atoms with E-state index in [1.807, 2.05) is 11.5 Å². The van der Waals surface area contributed by atoms with Gasteiger partial charge in [-0.15, -0.1) is 10.2 Å². The van der Waals surface area contributed by atoms with Gasteiger partial charge in [0.1, 0.15) is 17.8 Å². The maximum atomic E-state index is 13.1. The Morgan fingerprint density at radius 2 is 1.96 bits per heavy atom. The van der Waals surface area contributed by atoms with Gasteiger partial charge in [-0.1, -0.05) is 0 Å². The van der Waals surface area contributed by atoms with Gasteiger partial charge < -0.3 is 13.9 Å². The topological polar surface area (TPSA) is 77.1 Å². The first-order valence-electron chi connectivity index (χ1n) is 9.07. The second kappa shape index (κ2) is 6.00. The lowest BCUT2D eigenvalue weighted by Gasteiger charge is -2.33. The molecule has 0 bridgehead atoms. The Hall–Kier alpha value is -3.03. The van der Waals surface area contributed by atoms with Crippen LogP contribution >= 0.6 is 0 Å². The van der Waals surface area contributed by atoms with Gasteiger partial charge in [-0.25, -0.2) is 9.37 Å². The fourth-order valence-electron chi connectivity index (χ4n) is 3.52. The number of hydrogen-bond acceptors (Lipinski definition) is 5. The van der Waals surface area contributed by atoms with Gasteiger partial charge in [0.25, 0.3) is 5.91 Å². The van der Waals surface area contributed by atoms with Gasteiger partial charge in [0, 0.05) is 24.6 Å². The molecule has 1 saturated carbocycles. The highest BCUT2D eigenvalue weighted by Gasteiger charge is 2.34. The highest BCUT2D eigenvalue weighted by molar-refractivity contribution is 5.94. The molecule has 8 heteroatoms. The van der Waals surface area contributed by atoms with E-state index in [4.69, 9.17) is 4.42 Å². The lowest BCUT2D eigenvalue weighted by molar-refractivity contribution is 0.0638. The van der Waals surface area contributed by atoms with Crippen molar-refractivity contribution in [3.05, 3.63) is 53.6 Å². The van der Waals surface area contributed by atoms with Crippen molar-refractivity contribution in [1.29, 1.82) is 0 Å². The van der Waals surface area contributed by atoms with E-state index in [-0.39, 0.29) is 17.8 Å². The summed E-state index contributed by atoms with van der Waals surface area (Å²) in [5, 5.41) is 8.59. The number of aromatic nitrogens is 4. The predicted octanol–water partition coefficient (Wildman–Crippen LogP) is 3.17. The fraction of sp³-hybridized carbons (Fsp3) is 0.368. The van der Waals surface area contributed by atoms with Gasteiger partial charge in [0.2, 0.25) is 0 Å². The summed E-state index contributed by atoms with van der Waals surface area (Å²) in [5.41, 5.74) is 1.14. The maximum Gasteiger partial charge on any atom is 0.254 e. The van der Waals surface area contributed by atoms with E-state index in [2.05, 4.69) is 15.2 Å². The number of benzene rings is 1. The molecule has 5 rings (SSSR count).